The van der Waals surface area contributed by atoms with Crippen LogP contribution in [-0.4, -0.2) is 49.4 Å². The summed E-state index contributed by atoms with van der Waals surface area (Å²) in [5.41, 5.74) is 0. The second-order valence-electron chi connectivity index (χ2n) is 4.07. The Morgan fingerprint density at radius 3 is 3.00 bits per heavy atom. The van der Waals surface area contributed by atoms with Gasteiger partial charge in [-0.25, -0.2) is 0 Å². The maximum absolute atomic E-state index is 11.0. The smallest absolute Gasteiger partial charge is 0.324 e. The number of amides is 1. The van der Waals surface area contributed by atoms with Crippen molar-refractivity contribution >= 4 is 5.91 Å². The van der Waals surface area contributed by atoms with E-state index in [1.165, 1.54) is 11.3 Å². The van der Waals surface area contributed by atoms with E-state index < -0.39 is 5.91 Å². The van der Waals surface area contributed by atoms with Gasteiger partial charge in [0.05, 0.1) is 0 Å². The Hall–Kier alpha value is -1.08. The first-order valence-corrected chi connectivity index (χ1v) is 4.97. The Kier molecular flexibility index (Phi) is 3.90. The van der Waals surface area contributed by atoms with Crippen molar-refractivity contribution < 1.29 is 4.79 Å². The number of nitrogens with zero attached hydrogens (tertiary/aromatic N) is 3. The van der Waals surface area contributed by atoms with E-state index in [1.54, 1.807) is 13.1 Å². The summed E-state index contributed by atoms with van der Waals surface area (Å²) in [5, 5.41) is 8.44. The van der Waals surface area contributed by atoms with E-state index >= 15 is 0 Å². The van der Waals surface area contributed by atoms with Crippen LogP contribution in [0.15, 0.2) is 0 Å². The molecule has 0 N–H and O–H groups in total. The fourth-order valence-corrected chi connectivity index (χ4v) is 1.98. The monoisotopic (exact) mass is 195 g/mol. The van der Waals surface area contributed by atoms with Gasteiger partial charge in [0.15, 0.2) is 6.07 Å². The molecule has 4 nitrogen and oxygen atoms in total. The van der Waals surface area contributed by atoms with Crippen molar-refractivity contribution in [2.75, 3.05) is 33.7 Å². The predicted octanol–water partition coefficient (Wildman–Crippen LogP) is 0.310. The van der Waals surface area contributed by atoms with E-state index in [0.717, 1.165) is 19.5 Å². The number of hydrogen-bond acceptors (Lipinski definition) is 3. The summed E-state index contributed by atoms with van der Waals surface area (Å²) >= 11 is 0. The summed E-state index contributed by atoms with van der Waals surface area (Å²) in [5.74, 6) is 0.0919. The first-order valence-electron chi connectivity index (χ1n) is 4.97. The van der Waals surface area contributed by atoms with Crippen LogP contribution in [0.3, 0.4) is 0 Å². The van der Waals surface area contributed by atoms with Gasteiger partial charge in [0.1, 0.15) is 0 Å². The summed E-state index contributed by atoms with van der Waals surface area (Å²) in [6.45, 7) is 2.88. The molecule has 0 aliphatic carbocycles. The predicted molar refractivity (Wildman–Crippen MR) is 53.5 cm³/mol. The maximum Gasteiger partial charge on any atom is 0.324 e. The summed E-state index contributed by atoms with van der Waals surface area (Å²) in [6, 6.07) is 1.64. The molecule has 0 spiro atoms. The normalized spacial score (nSPS) is 22.8. The number of piperidine rings is 1. The molecule has 0 saturated carbocycles. The molecule has 1 fully saturated rings. The summed E-state index contributed by atoms with van der Waals surface area (Å²) < 4.78 is 0. The van der Waals surface area contributed by atoms with E-state index in [4.69, 9.17) is 5.26 Å². The minimum absolute atomic E-state index is 0.432. The molecule has 0 aromatic heterocycles. The van der Waals surface area contributed by atoms with E-state index in [2.05, 4.69) is 11.9 Å². The Bertz CT molecular complexity index is 246. The van der Waals surface area contributed by atoms with Crippen molar-refractivity contribution in [3.63, 3.8) is 0 Å². The van der Waals surface area contributed by atoms with Crippen molar-refractivity contribution in [2.24, 2.45) is 5.92 Å². The third kappa shape index (κ3) is 3.00. The zero-order valence-corrected chi connectivity index (χ0v) is 8.86. The number of hydrogen-bond donors (Lipinski definition) is 0. The van der Waals surface area contributed by atoms with Gasteiger partial charge in [-0.3, -0.25) is 4.79 Å². The van der Waals surface area contributed by atoms with Gasteiger partial charge in [0.25, 0.3) is 0 Å². The van der Waals surface area contributed by atoms with Crippen molar-refractivity contribution in [1.82, 2.24) is 9.80 Å². The van der Waals surface area contributed by atoms with Gasteiger partial charge in [-0.1, -0.05) is 0 Å². The van der Waals surface area contributed by atoms with E-state index in [9.17, 15) is 4.79 Å². The molecule has 1 aliphatic heterocycles. The van der Waals surface area contributed by atoms with Crippen molar-refractivity contribution in [1.29, 1.82) is 5.26 Å². The van der Waals surface area contributed by atoms with Crippen LogP contribution >= 0.6 is 0 Å². The topological polar surface area (TPSA) is 47.3 Å². The van der Waals surface area contributed by atoms with Gasteiger partial charge in [0, 0.05) is 20.1 Å². The molecule has 1 amide bonds. The molecule has 0 bridgehead atoms. The van der Waals surface area contributed by atoms with Gasteiger partial charge in [-0.05, 0) is 32.4 Å². The second-order valence-corrected chi connectivity index (χ2v) is 4.07. The number of carbonyl (C=O) groups excluding carboxylic acids is 1. The van der Waals surface area contributed by atoms with Gasteiger partial charge >= 0.3 is 5.91 Å². The molecule has 14 heavy (non-hydrogen) atoms. The number of nitriles is 1. The van der Waals surface area contributed by atoms with Gasteiger partial charge in [0.2, 0.25) is 0 Å². The zero-order valence-electron chi connectivity index (χ0n) is 8.86. The maximum atomic E-state index is 11.0. The third-order valence-corrected chi connectivity index (χ3v) is 2.70. The summed E-state index contributed by atoms with van der Waals surface area (Å²) in [6.07, 6.45) is 2.35. The van der Waals surface area contributed by atoms with Crippen LogP contribution in [0.5, 0.6) is 0 Å². The summed E-state index contributed by atoms with van der Waals surface area (Å²) in [4.78, 5) is 14.8. The SMILES string of the molecule is CN1CCCC(CN(C)C(=O)C#N)C1. The Labute approximate surface area is 85.1 Å². The molecule has 0 aromatic rings. The Morgan fingerprint density at radius 1 is 1.71 bits per heavy atom. The number of rotatable bonds is 2. The standard InChI is InChI=1S/C10H17N3O/c1-12-5-3-4-9(7-12)8-13(2)10(14)6-11/h9H,3-5,7-8H2,1-2H3. The van der Waals surface area contributed by atoms with Crippen molar-refractivity contribution in [2.45, 2.75) is 12.8 Å². The van der Waals surface area contributed by atoms with Crippen LogP contribution in [0.4, 0.5) is 0 Å². The minimum Gasteiger partial charge on any atom is -0.333 e. The molecule has 1 saturated heterocycles. The van der Waals surface area contributed by atoms with Crippen LogP contribution in [0.25, 0.3) is 0 Å². The van der Waals surface area contributed by atoms with Crippen LogP contribution in [0.2, 0.25) is 0 Å². The number of likely N-dealkylation sites (tertiary alicyclic amines) is 1. The lowest BCUT2D eigenvalue weighted by Crippen LogP contribution is -2.39. The molecule has 1 atom stereocenters. The van der Waals surface area contributed by atoms with Crippen LogP contribution in [-0.2, 0) is 4.79 Å². The Morgan fingerprint density at radius 2 is 2.43 bits per heavy atom. The molecule has 1 heterocycles. The molecule has 78 valence electrons. The highest BCUT2D eigenvalue weighted by Gasteiger charge is 2.20. The largest absolute Gasteiger partial charge is 0.333 e. The van der Waals surface area contributed by atoms with Crippen LogP contribution < -0.4 is 0 Å². The van der Waals surface area contributed by atoms with Crippen LogP contribution in [0.1, 0.15) is 12.8 Å². The van der Waals surface area contributed by atoms with E-state index in [1.807, 2.05) is 0 Å². The lowest BCUT2D eigenvalue weighted by Gasteiger charge is -2.31. The first-order chi connectivity index (χ1) is 6.63. The Balaban J connectivity index is 2.36. The molecule has 4 heteroatoms. The fraction of sp³-hybridized carbons (Fsp3) is 0.800. The van der Waals surface area contributed by atoms with Crippen molar-refractivity contribution in [3.8, 4) is 6.07 Å². The molecular weight excluding hydrogens is 178 g/mol. The quantitative estimate of drug-likeness (QED) is 0.596. The molecule has 1 unspecified atom stereocenters. The lowest BCUT2D eigenvalue weighted by molar-refractivity contribution is -0.124. The highest BCUT2D eigenvalue weighted by molar-refractivity contribution is 5.90. The molecule has 0 radical (unpaired) electrons. The molecule has 1 aliphatic rings. The van der Waals surface area contributed by atoms with Crippen LogP contribution in [0, 0.1) is 17.2 Å². The second kappa shape index (κ2) is 4.97. The molecule has 0 aromatic carbocycles. The summed E-state index contributed by atoms with van der Waals surface area (Å²) in [7, 11) is 3.79. The highest BCUT2D eigenvalue weighted by atomic mass is 16.2. The first kappa shape index (κ1) is 11.0. The third-order valence-electron chi connectivity index (χ3n) is 2.70. The van der Waals surface area contributed by atoms with Gasteiger partial charge in [-0.2, -0.15) is 5.26 Å². The van der Waals surface area contributed by atoms with E-state index in [-0.39, 0.29) is 0 Å². The molecule has 1 rings (SSSR count). The lowest BCUT2D eigenvalue weighted by atomic mass is 9.98. The van der Waals surface area contributed by atoms with E-state index in [0.29, 0.717) is 12.5 Å². The van der Waals surface area contributed by atoms with Crippen molar-refractivity contribution in [3.05, 3.63) is 0 Å². The highest BCUT2D eigenvalue weighted by Crippen LogP contribution is 2.15. The van der Waals surface area contributed by atoms with Gasteiger partial charge in [-0.15, -0.1) is 0 Å². The fourth-order valence-electron chi connectivity index (χ4n) is 1.98. The zero-order chi connectivity index (χ0) is 10.6. The van der Waals surface area contributed by atoms with Gasteiger partial charge < -0.3 is 9.80 Å². The molecular formula is C10H17N3O. The minimum atomic E-state index is -0.432. The average Bonchev–Trinajstić information content (AvgIpc) is 2.16. The average molecular weight is 195 g/mol. The number of carbonyl (C=O) groups is 1.